The Hall–Kier alpha value is -1.58. The molecule has 1 aliphatic carbocycles. The van der Waals surface area contributed by atoms with Gasteiger partial charge in [0.25, 0.3) is 0 Å². The molecule has 0 radical (unpaired) electrons. The van der Waals surface area contributed by atoms with Gasteiger partial charge >= 0.3 is 11.9 Å². The maximum atomic E-state index is 10.4. The van der Waals surface area contributed by atoms with Crippen molar-refractivity contribution in [2.24, 2.45) is 5.41 Å². The van der Waals surface area contributed by atoms with Crippen LogP contribution in [0.1, 0.15) is 25.7 Å². The molecular weight excluding hydrogens is 196 g/mol. The van der Waals surface area contributed by atoms with Crippen LogP contribution >= 0.6 is 0 Å². The second kappa shape index (κ2) is 4.77. The highest BCUT2D eigenvalue weighted by Crippen LogP contribution is 2.40. The van der Waals surface area contributed by atoms with E-state index in [1.807, 2.05) is 0 Å². The van der Waals surface area contributed by atoms with Crippen LogP contribution in [-0.4, -0.2) is 22.2 Å². The molecule has 0 unspecified atom stereocenters. The van der Waals surface area contributed by atoms with E-state index in [0.717, 1.165) is 37.8 Å². The summed E-state index contributed by atoms with van der Waals surface area (Å²) >= 11 is 0. The summed E-state index contributed by atoms with van der Waals surface area (Å²) in [5.74, 6) is -1.99. The molecule has 0 aromatic heterocycles. The molecular formula is C11H14O4. The highest BCUT2D eigenvalue weighted by Gasteiger charge is 2.28. The highest BCUT2D eigenvalue weighted by molar-refractivity contribution is 5.81. The number of rotatable bonds is 4. The molecule has 0 aromatic carbocycles. The van der Waals surface area contributed by atoms with Crippen LogP contribution in [0.2, 0.25) is 0 Å². The number of hydrogen-bond donors (Lipinski definition) is 2. The Morgan fingerprint density at radius 2 is 1.33 bits per heavy atom. The zero-order valence-corrected chi connectivity index (χ0v) is 8.35. The van der Waals surface area contributed by atoms with Gasteiger partial charge in [-0.1, -0.05) is 25.0 Å². The zero-order valence-electron chi connectivity index (χ0n) is 8.35. The van der Waals surface area contributed by atoms with Crippen LogP contribution in [0.4, 0.5) is 0 Å². The molecule has 0 heterocycles. The molecule has 1 rings (SSSR count). The maximum absolute atomic E-state index is 10.4. The third kappa shape index (κ3) is 3.58. The zero-order chi connectivity index (χ0) is 11.3. The fourth-order valence-corrected chi connectivity index (χ4v) is 1.90. The minimum absolute atomic E-state index is 0.364. The number of carboxylic acids is 2. The summed E-state index contributed by atoms with van der Waals surface area (Å²) in [4.78, 5) is 20.8. The number of aliphatic carboxylic acids is 2. The van der Waals surface area contributed by atoms with E-state index in [2.05, 4.69) is 0 Å². The first kappa shape index (κ1) is 11.5. The second-order valence-electron chi connectivity index (χ2n) is 3.78. The largest absolute Gasteiger partial charge is 0.478 e. The number of hydrogen-bond acceptors (Lipinski definition) is 2. The molecule has 1 aliphatic rings. The van der Waals surface area contributed by atoms with E-state index < -0.39 is 11.9 Å². The second-order valence-corrected chi connectivity index (χ2v) is 3.78. The normalized spacial score (nSPS) is 20.0. The predicted molar refractivity (Wildman–Crippen MR) is 54.5 cm³/mol. The molecule has 2 N–H and O–H groups in total. The van der Waals surface area contributed by atoms with Crippen LogP contribution in [0.25, 0.3) is 0 Å². The van der Waals surface area contributed by atoms with Crippen molar-refractivity contribution in [3.8, 4) is 0 Å². The summed E-state index contributed by atoms with van der Waals surface area (Å²) in [6.45, 7) is 0. The fourth-order valence-electron chi connectivity index (χ4n) is 1.90. The third-order valence-electron chi connectivity index (χ3n) is 2.65. The number of carboxylic acid groups (broad SMARTS) is 2. The number of carbonyl (C=O) groups is 2. The van der Waals surface area contributed by atoms with Crippen molar-refractivity contribution in [1.82, 2.24) is 0 Å². The monoisotopic (exact) mass is 210 g/mol. The third-order valence-corrected chi connectivity index (χ3v) is 2.65. The van der Waals surface area contributed by atoms with Crippen LogP contribution in [0, 0.1) is 5.41 Å². The molecule has 4 nitrogen and oxygen atoms in total. The lowest BCUT2D eigenvalue weighted by Crippen LogP contribution is -2.10. The van der Waals surface area contributed by atoms with Crippen molar-refractivity contribution in [2.75, 3.05) is 0 Å². The molecule has 0 saturated heterocycles. The lowest BCUT2D eigenvalue weighted by atomic mass is 9.85. The Kier molecular flexibility index (Phi) is 3.66. The molecule has 0 aromatic rings. The Labute approximate surface area is 87.9 Å². The SMILES string of the molecule is O=C(O)C=CC1(C=CC(=O)O)CCCC1. The van der Waals surface area contributed by atoms with Crippen molar-refractivity contribution in [3.05, 3.63) is 24.3 Å². The van der Waals surface area contributed by atoms with Gasteiger partial charge in [-0.15, -0.1) is 0 Å². The Balaban J connectivity index is 2.79. The van der Waals surface area contributed by atoms with E-state index in [1.165, 1.54) is 0 Å². The number of allylic oxidation sites excluding steroid dienone is 2. The minimum atomic E-state index is -0.995. The summed E-state index contributed by atoms with van der Waals surface area (Å²) in [5, 5.41) is 17.1. The van der Waals surface area contributed by atoms with Crippen LogP contribution in [-0.2, 0) is 9.59 Å². The van der Waals surface area contributed by atoms with Gasteiger partial charge in [0.1, 0.15) is 0 Å². The summed E-state index contributed by atoms with van der Waals surface area (Å²) in [6.07, 6.45) is 9.04. The van der Waals surface area contributed by atoms with Gasteiger partial charge in [-0.2, -0.15) is 0 Å². The minimum Gasteiger partial charge on any atom is -0.478 e. The first-order chi connectivity index (χ1) is 7.04. The van der Waals surface area contributed by atoms with Gasteiger partial charge in [-0.05, 0) is 12.8 Å². The molecule has 82 valence electrons. The standard InChI is InChI=1S/C11H14O4/c12-9(13)3-7-11(5-1-2-6-11)8-4-10(14)15/h3-4,7-8H,1-2,5-6H2,(H,12,13)(H,14,15). The van der Waals surface area contributed by atoms with E-state index >= 15 is 0 Å². The molecule has 0 atom stereocenters. The first-order valence-corrected chi connectivity index (χ1v) is 4.88. The highest BCUT2D eigenvalue weighted by atomic mass is 16.4. The summed E-state index contributed by atoms with van der Waals surface area (Å²) in [5.41, 5.74) is -0.364. The van der Waals surface area contributed by atoms with Crippen molar-refractivity contribution in [2.45, 2.75) is 25.7 Å². The van der Waals surface area contributed by atoms with Gasteiger partial charge in [0.05, 0.1) is 0 Å². The van der Waals surface area contributed by atoms with Gasteiger partial charge in [0, 0.05) is 17.6 Å². The fraction of sp³-hybridized carbons (Fsp3) is 0.455. The summed E-state index contributed by atoms with van der Waals surface area (Å²) in [6, 6.07) is 0. The van der Waals surface area contributed by atoms with Gasteiger partial charge in [-0.25, -0.2) is 9.59 Å². The van der Waals surface area contributed by atoms with Crippen molar-refractivity contribution < 1.29 is 19.8 Å². The predicted octanol–water partition coefficient (Wildman–Crippen LogP) is 1.83. The van der Waals surface area contributed by atoms with Crippen LogP contribution in [0.15, 0.2) is 24.3 Å². The molecule has 15 heavy (non-hydrogen) atoms. The smallest absolute Gasteiger partial charge is 0.328 e. The summed E-state index contributed by atoms with van der Waals surface area (Å²) in [7, 11) is 0. The quantitative estimate of drug-likeness (QED) is 0.694. The molecule has 0 amide bonds. The molecule has 1 saturated carbocycles. The van der Waals surface area contributed by atoms with Crippen molar-refractivity contribution >= 4 is 11.9 Å². The molecule has 0 aliphatic heterocycles. The van der Waals surface area contributed by atoms with E-state index in [9.17, 15) is 9.59 Å². The molecule has 4 heteroatoms. The Bertz CT molecular complexity index is 283. The van der Waals surface area contributed by atoms with Crippen LogP contribution in [0.5, 0.6) is 0 Å². The van der Waals surface area contributed by atoms with Gasteiger partial charge in [0.2, 0.25) is 0 Å². The van der Waals surface area contributed by atoms with E-state index in [4.69, 9.17) is 10.2 Å². The van der Waals surface area contributed by atoms with E-state index in [-0.39, 0.29) is 5.41 Å². The average Bonchev–Trinajstić information content (AvgIpc) is 2.61. The summed E-state index contributed by atoms with van der Waals surface area (Å²) < 4.78 is 0. The Morgan fingerprint density at radius 1 is 0.933 bits per heavy atom. The van der Waals surface area contributed by atoms with Gasteiger partial charge in [-0.3, -0.25) is 0 Å². The average molecular weight is 210 g/mol. The van der Waals surface area contributed by atoms with Crippen LogP contribution < -0.4 is 0 Å². The van der Waals surface area contributed by atoms with Crippen molar-refractivity contribution in [3.63, 3.8) is 0 Å². The van der Waals surface area contributed by atoms with E-state index in [1.54, 1.807) is 12.2 Å². The molecule has 0 spiro atoms. The molecule has 0 bridgehead atoms. The first-order valence-electron chi connectivity index (χ1n) is 4.88. The Morgan fingerprint density at radius 3 is 1.67 bits per heavy atom. The lowest BCUT2D eigenvalue weighted by molar-refractivity contribution is -0.132. The maximum Gasteiger partial charge on any atom is 0.328 e. The van der Waals surface area contributed by atoms with Crippen molar-refractivity contribution in [1.29, 1.82) is 0 Å². The van der Waals surface area contributed by atoms with Crippen LogP contribution in [0.3, 0.4) is 0 Å². The van der Waals surface area contributed by atoms with Gasteiger partial charge < -0.3 is 10.2 Å². The topological polar surface area (TPSA) is 74.6 Å². The lowest BCUT2D eigenvalue weighted by Gasteiger charge is -2.19. The van der Waals surface area contributed by atoms with Gasteiger partial charge in [0.15, 0.2) is 0 Å². The molecule has 1 fully saturated rings. The van der Waals surface area contributed by atoms with E-state index in [0.29, 0.717) is 0 Å².